The second-order valence-corrected chi connectivity index (χ2v) is 18.5. The van der Waals surface area contributed by atoms with E-state index in [4.69, 9.17) is 9.05 Å². The third-order valence-corrected chi connectivity index (χ3v) is 11.1. The van der Waals surface area contributed by atoms with Crippen molar-refractivity contribution in [3.05, 3.63) is 72.9 Å². The number of quaternary nitrogens is 1. The largest absolute Gasteiger partial charge is 0.756 e. The summed E-state index contributed by atoms with van der Waals surface area (Å²) in [7, 11) is 1.21. The first kappa shape index (κ1) is 56.9. The number of nitrogens with zero attached hydrogens (tertiary/aromatic N) is 1. The molecular weight excluding hydrogens is 756 g/mol. The van der Waals surface area contributed by atoms with Crippen molar-refractivity contribution in [2.24, 2.45) is 0 Å². The van der Waals surface area contributed by atoms with Crippen LogP contribution in [0, 0.1) is 0 Å². The van der Waals surface area contributed by atoms with Crippen LogP contribution < -0.4 is 10.2 Å². The van der Waals surface area contributed by atoms with Gasteiger partial charge in [-0.3, -0.25) is 9.36 Å². The maximum Gasteiger partial charge on any atom is 0.268 e. The molecule has 0 saturated heterocycles. The molecule has 0 heterocycles. The molecule has 0 aromatic heterocycles. The number of hydrogen-bond donors (Lipinski definition) is 2. The van der Waals surface area contributed by atoms with Gasteiger partial charge in [-0.1, -0.05) is 196 Å². The summed E-state index contributed by atoms with van der Waals surface area (Å²) in [6.07, 6.45) is 55.3. The van der Waals surface area contributed by atoms with E-state index < -0.39 is 26.6 Å². The minimum atomic E-state index is -4.61. The molecule has 0 spiro atoms. The van der Waals surface area contributed by atoms with Gasteiger partial charge in [0.05, 0.1) is 39.9 Å². The van der Waals surface area contributed by atoms with Crippen LogP contribution in [0.2, 0.25) is 0 Å². The van der Waals surface area contributed by atoms with Gasteiger partial charge in [0.2, 0.25) is 5.91 Å². The second kappa shape index (κ2) is 41.3. The standard InChI is InChI=1S/C50H91N2O6P/c1-6-8-10-12-14-16-18-20-22-24-25-26-28-29-31-33-35-37-39-41-43-49(53)48(47-58-59(55,56)57-46-45-52(3,4)5)51-50(54)44-42-40-38-36-34-32-30-27-23-21-19-17-15-13-11-9-7-2/h9,11,15,17,21,23,30,32,36,38,41,43,48-49,53H,6-8,10,12-14,16,18-20,22,24-29,31,33-35,37,39-40,42,44-47H2,1-5H3,(H-,51,54,55,56)/b11-9-,17-15-,23-21-,32-30-,38-36-,43-41+. The lowest BCUT2D eigenvalue weighted by molar-refractivity contribution is -0.870. The molecule has 3 atom stereocenters. The van der Waals surface area contributed by atoms with Crippen LogP contribution in [0.4, 0.5) is 0 Å². The number of rotatable bonds is 42. The Morgan fingerprint density at radius 1 is 0.610 bits per heavy atom. The molecular formula is C50H91N2O6P. The lowest BCUT2D eigenvalue weighted by Crippen LogP contribution is -2.45. The summed E-state index contributed by atoms with van der Waals surface area (Å²) in [5.41, 5.74) is 0. The Hall–Kier alpha value is -2.06. The van der Waals surface area contributed by atoms with Gasteiger partial charge in [0.1, 0.15) is 13.2 Å². The number of phosphoric acid groups is 1. The van der Waals surface area contributed by atoms with Gasteiger partial charge in [-0.2, -0.15) is 0 Å². The molecule has 0 aromatic rings. The Morgan fingerprint density at radius 2 is 1.03 bits per heavy atom. The van der Waals surface area contributed by atoms with Gasteiger partial charge in [0.25, 0.3) is 7.82 Å². The lowest BCUT2D eigenvalue weighted by atomic mass is 10.0. The number of likely N-dealkylation sites (N-methyl/N-ethyl adjacent to an activating group) is 1. The zero-order valence-electron chi connectivity index (χ0n) is 38.7. The maximum atomic E-state index is 12.9. The van der Waals surface area contributed by atoms with Gasteiger partial charge in [-0.15, -0.1) is 0 Å². The van der Waals surface area contributed by atoms with Crippen molar-refractivity contribution in [3.8, 4) is 0 Å². The van der Waals surface area contributed by atoms with E-state index in [2.05, 4.69) is 79.9 Å². The summed E-state index contributed by atoms with van der Waals surface area (Å²) in [4.78, 5) is 25.3. The van der Waals surface area contributed by atoms with E-state index >= 15 is 0 Å². The van der Waals surface area contributed by atoms with Crippen LogP contribution in [-0.4, -0.2) is 68.5 Å². The van der Waals surface area contributed by atoms with E-state index in [9.17, 15) is 19.4 Å². The van der Waals surface area contributed by atoms with Gasteiger partial charge in [-0.05, 0) is 57.8 Å². The maximum absolute atomic E-state index is 12.9. The van der Waals surface area contributed by atoms with Crippen molar-refractivity contribution in [3.63, 3.8) is 0 Å². The molecule has 0 saturated carbocycles. The summed E-state index contributed by atoms with van der Waals surface area (Å²) in [6, 6.07) is -0.919. The molecule has 3 unspecified atom stereocenters. The van der Waals surface area contributed by atoms with Crippen LogP contribution in [-0.2, 0) is 18.4 Å². The highest BCUT2D eigenvalue weighted by Crippen LogP contribution is 2.38. The van der Waals surface area contributed by atoms with Crippen molar-refractivity contribution in [1.82, 2.24) is 5.32 Å². The molecule has 0 aliphatic heterocycles. The summed E-state index contributed by atoms with van der Waals surface area (Å²) < 4.78 is 23.2. The molecule has 0 rings (SSSR count). The molecule has 0 radical (unpaired) electrons. The lowest BCUT2D eigenvalue weighted by Gasteiger charge is -2.29. The van der Waals surface area contributed by atoms with Crippen LogP contribution in [0.15, 0.2) is 72.9 Å². The molecule has 9 heteroatoms. The fourth-order valence-corrected chi connectivity index (χ4v) is 7.15. The van der Waals surface area contributed by atoms with E-state index in [-0.39, 0.29) is 18.9 Å². The normalized spacial score (nSPS) is 14.9. The topological polar surface area (TPSA) is 108 Å². The van der Waals surface area contributed by atoms with Crippen molar-refractivity contribution < 1.29 is 32.9 Å². The number of unbranched alkanes of at least 4 members (excludes halogenated alkanes) is 19. The predicted octanol–water partition coefficient (Wildman–Crippen LogP) is 12.9. The van der Waals surface area contributed by atoms with Crippen LogP contribution in [0.25, 0.3) is 0 Å². The molecule has 0 aliphatic carbocycles. The van der Waals surface area contributed by atoms with Crippen molar-refractivity contribution in [2.45, 2.75) is 199 Å². The first-order chi connectivity index (χ1) is 28.5. The number of aliphatic hydroxyl groups is 1. The molecule has 0 aliphatic rings. The average Bonchev–Trinajstić information content (AvgIpc) is 3.19. The fourth-order valence-electron chi connectivity index (χ4n) is 6.42. The van der Waals surface area contributed by atoms with Gasteiger partial charge in [0, 0.05) is 6.42 Å². The van der Waals surface area contributed by atoms with E-state index in [0.29, 0.717) is 17.4 Å². The Labute approximate surface area is 364 Å². The monoisotopic (exact) mass is 847 g/mol. The summed E-state index contributed by atoms with van der Waals surface area (Å²) in [5, 5.41) is 13.8. The highest BCUT2D eigenvalue weighted by atomic mass is 31.2. The Kier molecular flexibility index (Phi) is 39.9. The fraction of sp³-hybridized carbons (Fsp3) is 0.740. The molecule has 0 fully saturated rings. The number of carbonyl (C=O) groups excluding carboxylic acids is 1. The predicted molar refractivity (Wildman–Crippen MR) is 251 cm³/mol. The molecule has 0 aromatic carbocycles. The Bertz CT molecular complexity index is 1190. The number of allylic oxidation sites excluding steroid dienone is 11. The van der Waals surface area contributed by atoms with Gasteiger partial charge in [0.15, 0.2) is 0 Å². The van der Waals surface area contributed by atoms with Gasteiger partial charge >= 0.3 is 0 Å². The number of hydrogen-bond acceptors (Lipinski definition) is 6. The van der Waals surface area contributed by atoms with E-state index in [1.54, 1.807) is 6.08 Å². The van der Waals surface area contributed by atoms with Crippen LogP contribution in [0.3, 0.4) is 0 Å². The van der Waals surface area contributed by atoms with Gasteiger partial charge in [-0.25, -0.2) is 0 Å². The molecule has 59 heavy (non-hydrogen) atoms. The quantitative estimate of drug-likeness (QED) is 0.0274. The average molecular weight is 847 g/mol. The van der Waals surface area contributed by atoms with Crippen LogP contribution in [0.5, 0.6) is 0 Å². The highest BCUT2D eigenvalue weighted by Gasteiger charge is 2.23. The van der Waals surface area contributed by atoms with E-state index in [0.717, 1.165) is 57.8 Å². The first-order valence-electron chi connectivity index (χ1n) is 23.8. The first-order valence-corrected chi connectivity index (χ1v) is 25.3. The highest BCUT2D eigenvalue weighted by molar-refractivity contribution is 7.45. The third kappa shape index (κ3) is 43.8. The molecule has 342 valence electrons. The number of nitrogens with one attached hydrogen (secondary N) is 1. The summed E-state index contributed by atoms with van der Waals surface area (Å²) in [6.45, 7) is 4.48. The number of phosphoric ester groups is 1. The number of carbonyl (C=O) groups is 1. The SMILES string of the molecule is CC/C=C\C/C=C\C/C=C\C/C=C\C/C=C\CCCC(=O)NC(COP(=O)([O-])OCC[N+](C)(C)C)C(O)/C=C/CCCCCCCCCCCCCCCCCCCC. The van der Waals surface area contributed by atoms with Gasteiger partial charge < -0.3 is 28.8 Å². The van der Waals surface area contributed by atoms with Crippen molar-refractivity contribution in [2.75, 3.05) is 40.9 Å². The number of amides is 1. The molecule has 0 bridgehead atoms. The summed E-state index contributed by atoms with van der Waals surface area (Å²) in [5.74, 6) is -0.256. The van der Waals surface area contributed by atoms with E-state index in [1.165, 1.54) is 103 Å². The smallest absolute Gasteiger partial charge is 0.268 e. The zero-order chi connectivity index (χ0) is 43.6. The third-order valence-electron chi connectivity index (χ3n) is 10.2. The van der Waals surface area contributed by atoms with Crippen molar-refractivity contribution in [1.29, 1.82) is 0 Å². The number of aliphatic hydroxyl groups excluding tert-OH is 1. The minimum Gasteiger partial charge on any atom is -0.756 e. The van der Waals surface area contributed by atoms with E-state index in [1.807, 2.05) is 27.2 Å². The van der Waals surface area contributed by atoms with Crippen LogP contribution >= 0.6 is 7.82 Å². The molecule has 8 nitrogen and oxygen atoms in total. The second-order valence-electron chi connectivity index (χ2n) is 17.1. The van der Waals surface area contributed by atoms with Crippen LogP contribution in [0.1, 0.15) is 187 Å². The zero-order valence-corrected chi connectivity index (χ0v) is 39.6. The molecule has 1 amide bonds. The molecule has 2 N–H and O–H groups in total. The summed E-state index contributed by atoms with van der Waals surface area (Å²) >= 11 is 0. The minimum absolute atomic E-state index is 0.0149. The Balaban J connectivity index is 4.47. The van der Waals surface area contributed by atoms with Crippen molar-refractivity contribution >= 4 is 13.7 Å². The Morgan fingerprint density at radius 3 is 1.49 bits per heavy atom.